The Bertz CT molecular complexity index is 945. The van der Waals surface area contributed by atoms with Gasteiger partial charge < -0.3 is 20.5 Å². The smallest absolute Gasteiger partial charge is 0.239 e. The second kappa shape index (κ2) is 9.09. The number of dihydropyridines is 1. The second-order valence-corrected chi connectivity index (χ2v) is 7.72. The van der Waals surface area contributed by atoms with Crippen LogP contribution < -0.4 is 20.5 Å². The molecule has 2 atom stereocenters. The Kier molecular flexibility index (Phi) is 6.09. The number of aromatic nitrogens is 1. The number of ether oxygens (including phenoxy) is 2. The fourth-order valence-corrected chi connectivity index (χ4v) is 3.93. The van der Waals surface area contributed by atoms with E-state index in [1.54, 1.807) is 6.20 Å². The van der Waals surface area contributed by atoms with E-state index in [0.717, 1.165) is 31.4 Å². The number of rotatable bonds is 9. The summed E-state index contributed by atoms with van der Waals surface area (Å²) in [6.45, 7) is 1.56. The van der Waals surface area contributed by atoms with Crippen molar-refractivity contribution in [3.05, 3.63) is 66.0 Å². The van der Waals surface area contributed by atoms with Gasteiger partial charge in [-0.25, -0.2) is 0 Å². The van der Waals surface area contributed by atoms with Crippen molar-refractivity contribution in [2.24, 2.45) is 16.1 Å². The number of nitrogens with zero attached hydrogens (tertiary/aromatic N) is 2. The molecular formula is C23H26N4O3. The molecule has 2 aliphatic rings. The number of nitrogens with two attached hydrogens (primary N) is 1. The lowest BCUT2D eigenvalue weighted by Gasteiger charge is -2.31. The molecule has 1 amide bonds. The number of allylic oxidation sites excluding steroid dienone is 1. The lowest BCUT2D eigenvalue weighted by molar-refractivity contribution is -0.120. The lowest BCUT2D eigenvalue weighted by Crippen LogP contribution is -2.37. The van der Waals surface area contributed by atoms with Crippen molar-refractivity contribution >= 4 is 12.1 Å². The van der Waals surface area contributed by atoms with E-state index in [0.29, 0.717) is 18.0 Å². The maximum atomic E-state index is 12.1. The molecule has 1 aromatic carbocycles. The predicted octanol–water partition coefficient (Wildman–Crippen LogP) is 2.58. The number of aliphatic imine (C=N–C) groups is 1. The summed E-state index contributed by atoms with van der Waals surface area (Å²) in [4.78, 5) is 20.8. The summed E-state index contributed by atoms with van der Waals surface area (Å²) in [5, 5.41) is 3.33. The molecular weight excluding hydrogens is 380 g/mol. The molecule has 156 valence electrons. The van der Waals surface area contributed by atoms with Gasteiger partial charge in [0, 0.05) is 30.6 Å². The average molecular weight is 406 g/mol. The highest BCUT2D eigenvalue weighted by molar-refractivity contribution is 5.81. The summed E-state index contributed by atoms with van der Waals surface area (Å²) in [5.74, 6) is 0.898. The van der Waals surface area contributed by atoms with Crippen LogP contribution in [0.1, 0.15) is 30.0 Å². The topological polar surface area (TPSA) is 98.8 Å². The van der Waals surface area contributed by atoms with E-state index in [4.69, 9.17) is 15.2 Å². The van der Waals surface area contributed by atoms with E-state index >= 15 is 0 Å². The first-order chi connectivity index (χ1) is 14.7. The Balaban J connectivity index is 1.40. The van der Waals surface area contributed by atoms with Gasteiger partial charge in [-0.3, -0.25) is 14.8 Å². The summed E-state index contributed by atoms with van der Waals surface area (Å²) in [7, 11) is 0. The van der Waals surface area contributed by atoms with Crippen molar-refractivity contribution in [1.29, 1.82) is 0 Å². The Hall–Kier alpha value is -3.19. The summed E-state index contributed by atoms with van der Waals surface area (Å²) in [6.07, 6.45) is 12.5. The van der Waals surface area contributed by atoms with Gasteiger partial charge in [0.25, 0.3) is 0 Å². The van der Waals surface area contributed by atoms with Crippen LogP contribution in [0.5, 0.6) is 11.5 Å². The van der Waals surface area contributed by atoms with Crippen molar-refractivity contribution < 1.29 is 14.3 Å². The van der Waals surface area contributed by atoms with Crippen molar-refractivity contribution in [2.45, 2.75) is 25.3 Å². The van der Waals surface area contributed by atoms with Gasteiger partial charge in [-0.1, -0.05) is 18.2 Å². The average Bonchev–Trinajstić information content (AvgIpc) is 3.24. The Morgan fingerprint density at radius 2 is 2.13 bits per heavy atom. The van der Waals surface area contributed by atoms with E-state index < -0.39 is 11.9 Å². The summed E-state index contributed by atoms with van der Waals surface area (Å²) >= 11 is 0. The number of nitrogens with one attached hydrogen (secondary N) is 1. The molecule has 2 aromatic rings. The van der Waals surface area contributed by atoms with Crippen LogP contribution in [0.25, 0.3) is 0 Å². The molecule has 0 bridgehead atoms. The molecule has 0 radical (unpaired) electrons. The highest BCUT2D eigenvalue weighted by Gasteiger charge is 2.29. The zero-order chi connectivity index (χ0) is 20.8. The van der Waals surface area contributed by atoms with Gasteiger partial charge in [0.15, 0.2) is 11.5 Å². The van der Waals surface area contributed by atoms with Gasteiger partial charge in [0.2, 0.25) is 12.7 Å². The van der Waals surface area contributed by atoms with Crippen LogP contribution in [-0.4, -0.2) is 37.0 Å². The Morgan fingerprint density at radius 3 is 2.90 bits per heavy atom. The minimum atomic E-state index is -0.592. The van der Waals surface area contributed by atoms with E-state index in [-0.39, 0.29) is 12.2 Å². The highest BCUT2D eigenvalue weighted by atomic mass is 16.7. The molecule has 3 heterocycles. The van der Waals surface area contributed by atoms with Gasteiger partial charge in [0.05, 0.1) is 0 Å². The molecule has 1 aromatic heterocycles. The monoisotopic (exact) mass is 406 g/mol. The van der Waals surface area contributed by atoms with Crippen molar-refractivity contribution in [3.63, 3.8) is 0 Å². The van der Waals surface area contributed by atoms with E-state index in [2.05, 4.69) is 27.4 Å². The summed E-state index contributed by atoms with van der Waals surface area (Å²) < 4.78 is 10.8. The highest BCUT2D eigenvalue weighted by Crippen LogP contribution is 2.35. The van der Waals surface area contributed by atoms with E-state index in [1.807, 2.05) is 42.8 Å². The molecule has 0 saturated carbocycles. The maximum Gasteiger partial charge on any atom is 0.239 e. The van der Waals surface area contributed by atoms with Gasteiger partial charge in [-0.2, -0.15) is 0 Å². The van der Waals surface area contributed by atoms with Crippen LogP contribution in [0.3, 0.4) is 0 Å². The molecule has 7 nitrogen and oxygen atoms in total. The zero-order valence-electron chi connectivity index (χ0n) is 16.8. The number of amides is 1. The molecule has 4 rings (SSSR count). The van der Waals surface area contributed by atoms with Gasteiger partial charge in [0.1, 0.15) is 6.04 Å². The fraction of sp³-hybridized carbons (Fsp3) is 0.348. The van der Waals surface area contributed by atoms with Crippen LogP contribution in [0.2, 0.25) is 0 Å². The second-order valence-electron chi connectivity index (χ2n) is 7.72. The Morgan fingerprint density at radius 1 is 1.23 bits per heavy atom. The number of hydrogen-bond donors (Lipinski definition) is 2. The Labute approximate surface area is 176 Å². The molecule has 2 aliphatic heterocycles. The number of aryl methyl sites for hydroxylation is 1. The first-order valence-electron chi connectivity index (χ1n) is 10.1. The molecule has 0 fully saturated rings. The summed E-state index contributed by atoms with van der Waals surface area (Å²) in [5.41, 5.74) is 7.60. The molecule has 3 N–H and O–H groups in total. The molecule has 0 saturated heterocycles. The van der Waals surface area contributed by atoms with Gasteiger partial charge in [-0.15, -0.1) is 0 Å². The van der Waals surface area contributed by atoms with Crippen molar-refractivity contribution in [3.8, 4) is 11.5 Å². The van der Waals surface area contributed by atoms with Crippen LogP contribution in [0.4, 0.5) is 0 Å². The fourth-order valence-electron chi connectivity index (χ4n) is 3.93. The number of pyridine rings is 1. The van der Waals surface area contributed by atoms with E-state index in [9.17, 15) is 4.79 Å². The SMILES string of the molecule is NC(=O)C(NCCC1(CCc2cccnc2)C=CC=NC1)c1ccc2c(c1)OCO2. The first-order valence-corrected chi connectivity index (χ1v) is 10.1. The molecule has 2 unspecified atom stereocenters. The van der Waals surface area contributed by atoms with Crippen LogP contribution >= 0.6 is 0 Å². The summed E-state index contributed by atoms with van der Waals surface area (Å²) in [6, 6.07) is 8.93. The number of carbonyl (C=O) groups is 1. The molecule has 0 aliphatic carbocycles. The number of hydrogen-bond acceptors (Lipinski definition) is 6. The molecule has 30 heavy (non-hydrogen) atoms. The van der Waals surface area contributed by atoms with E-state index in [1.165, 1.54) is 5.56 Å². The predicted molar refractivity (Wildman–Crippen MR) is 115 cm³/mol. The minimum absolute atomic E-state index is 0.0608. The third-order valence-corrected chi connectivity index (χ3v) is 5.67. The van der Waals surface area contributed by atoms with Crippen molar-refractivity contribution in [2.75, 3.05) is 19.9 Å². The first kappa shape index (κ1) is 20.1. The van der Waals surface area contributed by atoms with Gasteiger partial charge >= 0.3 is 0 Å². The minimum Gasteiger partial charge on any atom is -0.454 e. The number of carbonyl (C=O) groups excluding carboxylic acids is 1. The number of benzene rings is 1. The lowest BCUT2D eigenvalue weighted by atomic mass is 9.78. The molecule has 7 heteroatoms. The largest absolute Gasteiger partial charge is 0.454 e. The van der Waals surface area contributed by atoms with Gasteiger partial charge in [-0.05, 0) is 61.2 Å². The normalized spacial score (nSPS) is 20.3. The quantitative estimate of drug-likeness (QED) is 0.667. The maximum absolute atomic E-state index is 12.1. The van der Waals surface area contributed by atoms with Crippen LogP contribution in [0.15, 0.2) is 59.9 Å². The number of primary amides is 1. The third-order valence-electron chi connectivity index (χ3n) is 5.67. The molecule has 0 spiro atoms. The van der Waals surface area contributed by atoms with Crippen LogP contribution in [-0.2, 0) is 11.2 Å². The standard InChI is InChI=1S/C23H26N4O3/c24-22(28)21(18-4-5-19-20(13-18)30-16-29-19)27-12-9-23(7-2-11-26-15-23)8-6-17-3-1-10-25-14-17/h1-5,7,10-11,13-14,21,27H,6,8-9,12,15-16H2,(H2,24,28). The third kappa shape index (κ3) is 4.68. The van der Waals surface area contributed by atoms with Crippen LogP contribution in [0, 0.1) is 5.41 Å². The van der Waals surface area contributed by atoms with Crippen molar-refractivity contribution in [1.82, 2.24) is 10.3 Å². The zero-order valence-corrected chi connectivity index (χ0v) is 16.8. The number of fused-ring (bicyclic) bond motifs is 1.